The lowest BCUT2D eigenvalue weighted by Gasteiger charge is -2.50. The number of aliphatic hydroxyl groups is 1. The number of nitrogens with zero attached hydrogens (tertiary/aromatic N) is 1. The number of piperidine rings is 1. The molecule has 0 saturated carbocycles. The second-order valence-corrected chi connectivity index (χ2v) is 8.69. The minimum atomic E-state index is -4.90. The first-order valence-corrected chi connectivity index (χ1v) is 10.9. The van der Waals surface area contributed by atoms with Gasteiger partial charge in [-0.1, -0.05) is 30.3 Å². The molecule has 2 saturated heterocycles. The summed E-state index contributed by atoms with van der Waals surface area (Å²) in [6.07, 6.45) is -7.19. The van der Waals surface area contributed by atoms with Gasteiger partial charge in [0.25, 0.3) is 0 Å². The molecule has 9 heteroatoms. The number of ether oxygens (including phenoxy) is 1. The molecule has 0 spiro atoms. The van der Waals surface area contributed by atoms with E-state index < -0.39 is 35.1 Å². The number of aliphatic hydroxyl groups excluding tert-OH is 1. The van der Waals surface area contributed by atoms with Crippen molar-refractivity contribution in [2.24, 2.45) is 0 Å². The molecule has 33 heavy (non-hydrogen) atoms. The molecule has 2 aromatic carbocycles. The van der Waals surface area contributed by atoms with Gasteiger partial charge in [-0.05, 0) is 55.0 Å². The van der Waals surface area contributed by atoms with Crippen molar-refractivity contribution in [3.63, 3.8) is 0 Å². The molecule has 2 heterocycles. The van der Waals surface area contributed by atoms with E-state index in [0.29, 0.717) is 13.0 Å². The molecule has 0 aromatic heterocycles. The van der Waals surface area contributed by atoms with Crippen molar-refractivity contribution in [3.05, 3.63) is 70.8 Å². The van der Waals surface area contributed by atoms with Gasteiger partial charge in [0.15, 0.2) is 0 Å². The topological polar surface area (TPSA) is 32.7 Å². The second-order valence-electron chi connectivity index (χ2n) is 8.69. The second kappa shape index (κ2) is 8.92. The molecule has 0 aliphatic carbocycles. The van der Waals surface area contributed by atoms with Gasteiger partial charge in [-0.25, -0.2) is 0 Å². The third kappa shape index (κ3) is 4.63. The van der Waals surface area contributed by atoms with E-state index in [1.165, 1.54) is 0 Å². The molecule has 0 radical (unpaired) electrons. The first kappa shape index (κ1) is 24.0. The monoisotopic (exact) mass is 473 g/mol. The van der Waals surface area contributed by atoms with Crippen molar-refractivity contribution >= 4 is 0 Å². The Hall–Kier alpha value is -2.10. The number of hydrogen-bond acceptors (Lipinski definition) is 3. The van der Waals surface area contributed by atoms with E-state index in [4.69, 9.17) is 4.74 Å². The Labute approximate surface area is 188 Å². The van der Waals surface area contributed by atoms with E-state index in [0.717, 1.165) is 37.0 Å². The third-order valence-corrected chi connectivity index (χ3v) is 6.82. The third-order valence-electron chi connectivity index (χ3n) is 6.82. The van der Waals surface area contributed by atoms with Gasteiger partial charge in [-0.3, -0.25) is 4.90 Å². The SMILES string of the molecule is OCCN1[C@H]2CC[C@@H](OCc3cc(C(F)(F)F)cc(C(F)(F)F)c3)[C@]1(c1ccccc1)CC2. The van der Waals surface area contributed by atoms with E-state index in [9.17, 15) is 31.4 Å². The highest BCUT2D eigenvalue weighted by Gasteiger charge is 2.55. The fraction of sp³-hybridized carbons (Fsp3) is 0.500. The predicted octanol–water partition coefficient (Wildman–Crippen LogP) is 5.76. The lowest BCUT2D eigenvalue weighted by atomic mass is 9.79. The summed E-state index contributed by atoms with van der Waals surface area (Å²) in [7, 11) is 0. The molecule has 2 fully saturated rings. The van der Waals surface area contributed by atoms with Crippen LogP contribution in [0.4, 0.5) is 26.3 Å². The molecule has 2 aliphatic rings. The summed E-state index contributed by atoms with van der Waals surface area (Å²) in [6, 6.07) is 11.4. The Morgan fingerprint density at radius 3 is 2.12 bits per heavy atom. The van der Waals surface area contributed by atoms with Crippen molar-refractivity contribution < 1.29 is 36.2 Å². The molecule has 0 unspecified atom stereocenters. The van der Waals surface area contributed by atoms with Crippen molar-refractivity contribution in [2.45, 2.75) is 62.3 Å². The van der Waals surface area contributed by atoms with E-state index in [1.807, 2.05) is 30.3 Å². The van der Waals surface area contributed by atoms with Crippen molar-refractivity contribution in [1.82, 2.24) is 4.90 Å². The molecule has 3 nitrogen and oxygen atoms in total. The number of benzene rings is 2. The van der Waals surface area contributed by atoms with Crippen LogP contribution in [0.25, 0.3) is 0 Å². The van der Waals surface area contributed by atoms with Crippen molar-refractivity contribution in [1.29, 1.82) is 0 Å². The molecule has 2 aromatic rings. The first-order valence-electron chi connectivity index (χ1n) is 10.9. The zero-order valence-corrected chi connectivity index (χ0v) is 17.8. The number of hydrogen-bond donors (Lipinski definition) is 1. The summed E-state index contributed by atoms with van der Waals surface area (Å²) in [5.41, 5.74) is -2.47. The average molecular weight is 473 g/mol. The highest BCUT2D eigenvalue weighted by molar-refractivity contribution is 5.34. The quantitative estimate of drug-likeness (QED) is 0.542. The van der Waals surface area contributed by atoms with Crippen LogP contribution in [0.1, 0.15) is 47.9 Å². The molecule has 2 aliphatic heterocycles. The molecule has 2 bridgehead atoms. The standard InChI is InChI=1S/C24H25F6NO2/c25-23(26,27)18-12-16(13-19(14-18)24(28,29)30)15-33-21-7-6-20-8-9-22(21,31(20)10-11-32)17-4-2-1-3-5-17/h1-5,12-14,20-21,32H,6-11,15H2/t20-,21+,22+/m0/s1. The molecule has 180 valence electrons. The maximum atomic E-state index is 13.2. The largest absolute Gasteiger partial charge is 0.416 e. The highest BCUT2D eigenvalue weighted by Crippen LogP contribution is 2.51. The van der Waals surface area contributed by atoms with Crippen LogP contribution in [0.15, 0.2) is 48.5 Å². The minimum Gasteiger partial charge on any atom is -0.395 e. The molecule has 4 rings (SSSR count). The number of alkyl halides is 6. The van der Waals surface area contributed by atoms with Crippen molar-refractivity contribution in [2.75, 3.05) is 13.2 Å². The van der Waals surface area contributed by atoms with Crippen LogP contribution < -0.4 is 0 Å². The number of halogens is 6. The summed E-state index contributed by atoms with van der Waals surface area (Å²) < 4.78 is 85.5. The van der Waals surface area contributed by atoms with Crippen LogP contribution in [0.3, 0.4) is 0 Å². The Kier molecular flexibility index (Phi) is 6.50. The fourth-order valence-corrected chi connectivity index (χ4v) is 5.47. The summed E-state index contributed by atoms with van der Waals surface area (Å²) in [5, 5.41) is 9.66. The normalized spacial score (nSPS) is 26.0. The molecular weight excluding hydrogens is 448 g/mol. The molecule has 1 N–H and O–H groups in total. The fourth-order valence-electron chi connectivity index (χ4n) is 5.47. The van der Waals surface area contributed by atoms with Gasteiger partial charge in [-0.2, -0.15) is 26.3 Å². The molecule has 0 amide bonds. The summed E-state index contributed by atoms with van der Waals surface area (Å²) in [5.74, 6) is 0. The zero-order valence-electron chi connectivity index (χ0n) is 17.8. The van der Waals surface area contributed by atoms with E-state index in [-0.39, 0.29) is 30.9 Å². The maximum absolute atomic E-state index is 13.2. The van der Waals surface area contributed by atoms with Gasteiger partial charge in [0.1, 0.15) is 0 Å². The molecule has 3 atom stereocenters. The van der Waals surface area contributed by atoms with Crippen LogP contribution in [-0.2, 0) is 29.2 Å². The smallest absolute Gasteiger partial charge is 0.395 e. The van der Waals surface area contributed by atoms with Crippen LogP contribution in [-0.4, -0.2) is 35.3 Å². The van der Waals surface area contributed by atoms with Gasteiger partial charge in [0.2, 0.25) is 0 Å². The Morgan fingerprint density at radius 2 is 1.55 bits per heavy atom. The Balaban J connectivity index is 1.66. The minimum absolute atomic E-state index is 0.0552. The van der Waals surface area contributed by atoms with Crippen molar-refractivity contribution in [3.8, 4) is 0 Å². The first-order chi connectivity index (χ1) is 15.6. The van der Waals surface area contributed by atoms with Gasteiger partial charge in [-0.15, -0.1) is 0 Å². The average Bonchev–Trinajstić information content (AvgIpc) is 3.01. The number of fused-ring (bicyclic) bond motifs is 2. The van der Waals surface area contributed by atoms with Crippen LogP contribution in [0, 0.1) is 0 Å². The zero-order chi connectivity index (χ0) is 23.9. The van der Waals surface area contributed by atoms with E-state index in [2.05, 4.69) is 4.90 Å². The van der Waals surface area contributed by atoms with Gasteiger partial charge < -0.3 is 9.84 Å². The predicted molar refractivity (Wildman–Crippen MR) is 109 cm³/mol. The maximum Gasteiger partial charge on any atom is 0.416 e. The Morgan fingerprint density at radius 1 is 0.909 bits per heavy atom. The lowest BCUT2D eigenvalue weighted by molar-refractivity contribution is -0.143. The van der Waals surface area contributed by atoms with Gasteiger partial charge in [0.05, 0.1) is 36.0 Å². The Bertz CT molecular complexity index is 929. The van der Waals surface area contributed by atoms with Crippen LogP contribution in [0.2, 0.25) is 0 Å². The summed E-state index contributed by atoms with van der Waals surface area (Å²) in [6.45, 7) is -0.00847. The summed E-state index contributed by atoms with van der Waals surface area (Å²) >= 11 is 0. The lowest BCUT2D eigenvalue weighted by Crippen LogP contribution is -2.57. The van der Waals surface area contributed by atoms with Crippen LogP contribution >= 0.6 is 0 Å². The summed E-state index contributed by atoms with van der Waals surface area (Å²) in [4.78, 5) is 2.20. The van der Waals surface area contributed by atoms with E-state index >= 15 is 0 Å². The molecular formula is C24H25F6NO2. The van der Waals surface area contributed by atoms with Gasteiger partial charge >= 0.3 is 12.4 Å². The van der Waals surface area contributed by atoms with Crippen LogP contribution in [0.5, 0.6) is 0 Å². The number of rotatable bonds is 6. The highest BCUT2D eigenvalue weighted by atomic mass is 19.4. The van der Waals surface area contributed by atoms with Gasteiger partial charge in [0, 0.05) is 12.6 Å². The van der Waals surface area contributed by atoms with E-state index in [1.54, 1.807) is 0 Å².